The zero-order chi connectivity index (χ0) is 6.95. The average molecular weight is 147 g/mol. The molecule has 0 bridgehead atoms. The summed E-state index contributed by atoms with van der Waals surface area (Å²) in [6.07, 6.45) is 5.83. The summed E-state index contributed by atoms with van der Waals surface area (Å²) in [5, 5.41) is 0. The van der Waals surface area contributed by atoms with Crippen molar-refractivity contribution in [2.24, 2.45) is 0 Å². The van der Waals surface area contributed by atoms with Crippen molar-refractivity contribution in [2.75, 3.05) is 0 Å². The van der Waals surface area contributed by atoms with E-state index in [-0.39, 0.29) is 0 Å². The monoisotopic (exact) mass is 146 g/mol. The molecule has 1 rings (SSSR count). The van der Waals surface area contributed by atoms with Crippen molar-refractivity contribution in [3.63, 3.8) is 0 Å². The Hall–Kier alpha value is -0.890. The van der Waals surface area contributed by atoms with E-state index in [9.17, 15) is 0 Å². The van der Waals surface area contributed by atoms with E-state index in [1.165, 1.54) is 30.6 Å². The summed E-state index contributed by atoms with van der Waals surface area (Å²) in [5.74, 6) is 0. The van der Waals surface area contributed by atoms with E-state index in [4.69, 9.17) is 11.6 Å². The second-order valence-electron chi connectivity index (χ2n) is 0.971. The molecule has 3 heteroatoms. The minimum absolute atomic E-state index is 1.22. The molecule has 0 N–H and O–H groups in total. The first-order valence-electron chi connectivity index (χ1n) is 2.24. The summed E-state index contributed by atoms with van der Waals surface area (Å²) in [6.45, 7) is 3.13. The maximum Gasteiger partial charge on any atom is 0.125 e. The number of halogens is 1. The Morgan fingerprint density at radius 3 is 1.44 bits per heavy atom. The van der Waals surface area contributed by atoms with E-state index in [0.29, 0.717) is 0 Å². The third-order valence-electron chi connectivity index (χ3n) is 0.425. The van der Waals surface area contributed by atoms with Gasteiger partial charge in [-0.1, -0.05) is 18.2 Å². The molecule has 1 aliphatic rings. The lowest BCUT2D eigenvalue weighted by Gasteiger charge is -1.94. The van der Waals surface area contributed by atoms with Crippen molar-refractivity contribution in [3.8, 4) is 0 Å². The number of rotatable bonds is 0. The van der Waals surface area contributed by atoms with E-state index in [1.54, 1.807) is 0 Å². The van der Waals surface area contributed by atoms with Gasteiger partial charge in [0.2, 0.25) is 0 Å². The minimum Gasteiger partial charge on any atom is -0.466 e. The van der Waals surface area contributed by atoms with E-state index < -0.39 is 0 Å². The molecule has 9 heavy (non-hydrogen) atoms. The summed E-state index contributed by atoms with van der Waals surface area (Å²) in [4.78, 5) is 0. The molecule has 0 aromatic rings. The molecular formula is C6H7ClO2. The van der Waals surface area contributed by atoms with Crippen LogP contribution in [-0.4, -0.2) is 0 Å². The fourth-order valence-electron chi connectivity index (χ4n) is 0.219. The zero-order valence-electron chi connectivity index (χ0n) is 4.79. The zero-order valence-corrected chi connectivity index (χ0v) is 5.54. The van der Waals surface area contributed by atoms with E-state index in [0.717, 1.165) is 0 Å². The van der Waals surface area contributed by atoms with Crippen LogP contribution in [0.25, 0.3) is 0 Å². The Bertz CT molecular complexity index is 98.2. The van der Waals surface area contributed by atoms with Gasteiger partial charge in [-0.15, -0.1) is 0 Å². The van der Waals surface area contributed by atoms with Crippen LogP contribution >= 0.6 is 11.6 Å². The highest BCUT2D eigenvalue weighted by Crippen LogP contribution is 1.89. The molecule has 0 fully saturated rings. The SMILES string of the molecule is C1=COC=CO1.C=CCl. The summed E-state index contributed by atoms with van der Waals surface area (Å²) in [5.41, 5.74) is 1.22. The van der Waals surface area contributed by atoms with Gasteiger partial charge in [0.15, 0.2) is 0 Å². The summed E-state index contributed by atoms with van der Waals surface area (Å²) >= 11 is 4.76. The highest BCUT2D eigenvalue weighted by atomic mass is 35.5. The highest BCUT2D eigenvalue weighted by molar-refractivity contribution is 6.25. The van der Waals surface area contributed by atoms with Crippen molar-refractivity contribution < 1.29 is 9.47 Å². The van der Waals surface area contributed by atoms with E-state index in [1.807, 2.05) is 0 Å². The molecule has 0 unspecified atom stereocenters. The molecule has 1 aliphatic heterocycles. The van der Waals surface area contributed by atoms with Gasteiger partial charge in [-0.25, -0.2) is 0 Å². The maximum absolute atomic E-state index is 4.76. The number of hydrogen-bond donors (Lipinski definition) is 0. The first-order valence-corrected chi connectivity index (χ1v) is 2.67. The van der Waals surface area contributed by atoms with Crippen LogP contribution in [0.1, 0.15) is 0 Å². The molecule has 0 aromatic heterocycles. The molecule has 0 radical (unpaired) electrons. The second kappa shape index (κ2) is 7.11. The largest absolute Gasteiger partial charge is 0.466 e. The van der Waals surface area contributed by atoms with Gasteiger partial charge in [0.05, 0.1) is 0 Å². The van der Waals surface area contributed by atoms with Crippen LogP contribution in [0.15, 0.2) is 37.2 Å². The summed E-state index contributed by atoms with van der Waals surface area (Å²) < 4.78 is 9.17. The van der Waals surface area contributed by atoms with Gasteiger partial charge in [-0.2, -0.15) is 0 Å². The van der Waals surface area contributed by atoms with Gasteiger partial charge < -0.3 is 9.47 Å². The van der Waals surface area contributed by atoms with Crippen molar-refractivity contribution >= 4 is 11.6 Å². The fraction of sp³-hybridized carbons (Fsp3) is 0. The van der Waals surface area contributed by atoms with Gasteiger partial charge in [0.25, 0.3) is 0 Å². The predicted molar refractivity (Wildman–Crippen MR) is 36.5 cm³/mol. The molecule has 0 amide bonds. The maximum atomic E-state index is 4.76. The van der Waals surface area contributed by atoms with Crippen LogP contribution in [0, 0.1) is 0 Å². The van der Waals surface area contributed by atoms with Gasteiger partial charge in [0.1, 0.15) is 25.0 Å². The normalized spacial score (nSPS) is 12.1. The van der Waals surface area contributed by atoms with Gasteiger partial charge in [0, 0.05) is 0 Å². The van der Waals surface area contributed by atoms with Crippen molar-refractivity contribution in [1.29, 1.82) is 0 Å². The Morgan fingerprint density at radius 2 is 1.33 bits per heavy atom. The van der Waals surface area contributed by atoms with Crippen LogP contribution in [0.3, 0.4) is 0 Å². The molecule has 0 spiro atoms. The van der Waals surface area contributed by atoms with Crippen LogP contribution in [0.4, 0.5) is 0 Å². The van der Waals surface area contributed by atoms with Gasteiger partial charge >= 0.3 is 0 Å². The predicted octanol–water partition coefficient (Wildman–Crippen LogP) is 2.34. The third kappa shape index (κ3) is 7.11. The lowest BCUT2D eigenvalue weighted by Crippen LogP contribution is -1.74. The Morgan fingerprint density at radius 1 is 1.11 bits per heavy atom. The molecule has 0 saturated carbocycles. The third-order valence-corrected chi connectivity index (χ3v) is 0.425. The standard InChI is InChI=1S/C4H4O2.C2H3Cl/c1-2-6-4-3-5-1;1-2-3/h1-4H;2H,1H2. The van der Waals surface area contributed by atoms with Crippen molar-refractivity contribution in [3.05, 3.63) is 37.2 Å². The first-order chi connectivity index (χ1) is 4.41. The van der Waals surface area contributed by atoms with Crippen molar-refractivity contribution in [2.45, 2.75) is 0 Å². The van der Waals surface area contributed by atoms with Crippen LogP contribution in [-0.2, 0) is 9.47 Å². The Kier molecular flexibility index (Phi) is 6.41. The topological polar surface area (TPSA) is 18.5 Å². The van der Waals surface area contributed by atoms with Crippen LogP contribution in [0.5, 0.6) is 0 Å². The molecular weight excluding hydrogens is 140 g/mol. The van der Waals surface area contributed by atoms with E-state index >= 15 is 0 Å². The molecule has 0 aromatic carbocycles. The molecule has 0 saturated heterocycles. The fourth-order valence-corrected chi connectivity index (χ4v) is 0.219. The highest BCUT2D eigenvalue weighted by Gasteiger charge is 1.74. The smallest absolute Gasteiger partial charge is 0.125 e. The van der Waals surface area contributed by atoms with Crippen LogP contribution in [0.2, 0.25) is 0 Å². The number of ether oxygens (including phenoxy) is 2. The lowest BCUT2D eigenvalue weighted by atomic mass is 10.9. The van der Waals surface area contributed by atoms with Crippen molar-refractivity contribution in [1.82, 2.24) is 0 Å². The Labute approximate surface area is 59.0 Å². The number of hydrogen-bond acceptors (Lipinski definition) is 2. The quantitative estimate of drug-likeness (QED) is 0.522. The van der Waals surface area contributed by atoms with Crippen LogP contribution < -0.4 is 0 Å². The molecule has 2 nitrogen and oxygen atoms in total. The molecule has 1 heterocycles. The molecule has 0 aliphatic carbocycles. The van der Waals surface area contributed by atoms with Gasteiger partial charge in [-0.05, 0) is 5.54 Å². The minimum atomic E-state index is 1.22. The summed E-state index contributed by atoms with van der Waals surface area (Å²) in [7, 11) is 0. The molecule has 0 atom stereocenters. The Balaban J connectivity index is 0.000000187. The summed E-state index contributed by atoms with van der Waals surface area (Å²) in [6, 6.07) is 0. The average Bonchev–Trinajstić information content (AvgIpc) is 1.93. The lowest BCUT2D eigenvalue weighted by molar-refractivity contribution is 0.290. The first kappa shape index (κ1) is 8.11. The van der Waals surface area contributed by atoms with Gasteiger partial charge in [-0.3, -0.25) is 0 Å². The molecule has 50 valence electrons. The van der Waals surface area contributed by atoms with E-state index in [2.05, 4.69) is 16.1 Å². The second-order valence-corrected chi connectivity index (χ2v) is 1.28.